The van der Waals surface area contributed by atoms with Gasteiger partial charge < -0.3 is 37.0 Å². The van der Waals surface area contributed by atoms with Gasteiger partial charge in [0.15, 0.2) is 5.76 Å². The molecule has 8 heteroatoms. The Labute approximate surface area is 171 Å². The van der Waals surface area contributed by atoms with Gasteiger partial charge in [-0.05, 0) is 11.5 Å². The zero-order valence-corrected chi connectivity index (χ0v) is 17.1. The van der Waals surface area contributed by atoms with Crippen LogP contribution in [0, 0.1) is 5.92 Å². The number of carbonyl (C=O) groups excluding carboxylic acids is 1. The lowest BCUT2D eigenvalue weighted by atomic mass is 9.70. The van der Waals surface area contributed by atoms with Crippen LogP contribution in [0.25, 0.3) is 0 Å². The van der Waals surface area contributed by atoms with Crippen molar-refractivity contribution in [2.24, 2.45) is 5.92 Å². The maximum absolute atomic E-state index is 12.2. The average Bonchev–Trinajstić information content (AvgIpc) is 3.16. The number of nitrogens with two attached hydrogens (primary N) is 1. The van der Waals surface area contributed by atoms with E-state index in [1.165, 1.54) is 0 Å². The first kappa shape index (κ1) is 22.2. The third kappa shape index (κ3) is 5.25. The first-order valence-corrected chi connectivity index (χ1v) is 9.35. The molecule has 2 unspecified atom stereocenters. The van der Waals surface area contributed by atoms with Crippen LogP contribution in [0.4, 0.5) is 4.79 Å². The first-order valence-electron chi connectivity index (χ1n) is 9.35. The summed E-state index contributed by atoms with van der Waals surface area (Å²) in [7, 11) is 1.62. The molecule has 0 radical (unpaired) electrons. The first-order chi connectivity index (χ1) is 13.1. The second-order valence-corrected chi connectivity index (χ2v) is 7.15. The third-order valence-corrected chi connectivity index (χ3v) is 5.37. The van der Waals surface area contributed by atoms with Crippen molar-refractivity contribution in [3.63, 3.8) is 0 Å². The molecule has 1 fully saturated rings. The average molecular weight is 410 g/mol. The van der Waals surface area contributed by atoms with Gasteiger partial charge in [-0.25, -0.2) is 4.79 Å². The van der Waals surface area contributed by atoms with Gasteiger partial charge in [0, 0.05) is 26.1 Å². The van der Waals surface area contributed by atoms with E-state index in [4.69, 9.17) is 14.0 Å². The number of benzene rings is 1. The summed E-state index contributed by atoms with van der Waals surface area (Å²) in [5, 5.41) is 9.49. The zero-order chi connectivity index (χ0) is 19.1. The van der Waals surface area contributed by atoms with Gasteiger partial charge in [0.05, 0.1) is 24.2 Å². The molecule has 1 aliphatic heterocycles. The SMILES string of the molecule is COCc1cc(C2(CNC(=O)OCc3ccccc3)C[NH2+]CCC2C)no1.[Cl-]. The normalized spacial score (nSPS) is 21.6. The number of quaternary nitrogens is 1. The van der Waals surface area contributed by atoms with Crippen LogP contribution >= 0.6 is 0 Å². The van der Waals surface area contributed by atoms with E-state index >= 15 is 0 Å². The maximum atomic E-state index is 12.2. The van der Waals surface area contributed by atoms with Crippen molar-refractivity contribution < 1.29 is 36.5 Å². The van der Waals surface area contributed by atoms with Crippen LogP contribution in [0.5, 0.6) is 0 Å². The Kier molecular flexibility index (Phi) is 8.29. The number of ether oxygens (including phenoxy) is 2. The van der Waals surface area contributed by atoms with Crippen LogP contribution in [0.15, 0.2) is 40.9 Å². The van der Waals surface area contributed by atoms with Crippen molar-refractivity contribution in [3.8, 4) is 0 Å². The third-order valence-electron chi connectivity index (χ3n) is 5.37. The summed E-state index contributed by atoms with van der Waals surface area (Å²) in [6.45, 7) is 5.21. The van der Waals surface area contributed by atoms with Gasteiger partial charge in [-0.1, -0.05) is 42.4 Å². The van der Waals surface area contributed by atoms with Gasteiger partial charge in [0.25, 0.3) is 0 Å². The van der Waals surface area contributed by atoms with Gasteiger partial charge in [0.1, 0.15) is 13.2 Å². The van der Waals surface area contributed by atoms with Crippen molar-refractivity contribution in [2.75, 3.05) is 26.7 Å². The van der Waals surface area contributed by atoms with Crippen LogP contribution in [0.2, 0.25) is 0 Å². The number of rotatable bonds is 7. The molecule has 2 heterocycles. The lowest BCUT2D eigenvalue weighted by Gasteiger charge is -2.39. The van der Waals surface area contributed by atoms with Crippen molar-refractivity contribution in [3.05, 3.63) is 53.4 Å². The molecular formula is C20H28ClN3O4. The van der Waals surface area contributed by atoms with E-state index in [2.05, 4.69) is 22.7 Å². The number of methoxy groups -OCH3 is 1. The standard InChI is InChI=1S/C20H27N3O4.ClH/c1-15-8-9-21-13-20(15,18-10-17(12-25-2)27-23-18)14-22-19(24)26-11-16-6-4-3-5-7-16;/h3-7,10,15,21H,8-9,11-14H2,1-2H3,(H,22,24);1H. The van der Waals surface area contributed by atoms with E-state index in [0.29, 0.717) is 24.8 Å². The molecular weight excluding hydrogens is 382 g/mol. The van der Waals surface area contributed by atoms with Crippen molar-refractivity contribution in [2.45, 2.75) is 32.0 Å². The van der Waals surface area contributed by atoms with Crippen molar-refractivity contribution in [1.29, 1.82) is 0 Å². The van der Waals surface area contributed by atoms with Gasteiger partial charge in [-0.2, -0.15) is 0 Å². The Hall–Kier alpha value is -2.09. The maximum Gasteiger partial charge on any atom is 0.407 e. The molecule has 0 spiro atoms. The fourth-order valence-electron chi connectivity index (χ4n) is 3.66. The number of carbonyl (C=O) groups is 1. The minimum Gasteiger partial charge on any atom is -1.00 e. The van der Waals surface area contributed by atoms with E-state index < -0.39 is 6.09 Å². The van der Waals surface area contributed by atoms with Crippen LogP contribution in [-0.4, -0.2) is 38.0 Å². The molecule has 3 rings (SSSR count). The van der Waals surface area contributed by atoms with Gasteiger partial charge in [-0.3, -0.25) is 0 Å². The predicted octanol–water partition coefficient (Wildman–Crippen LogP) is -1.41. The monoisotopic (exact) mass is 409 g/mol. The Morgan fingerprint density at radius 2 is 2.14 bits per heavy atom. The van der Waals surface area contributed by atoms with Crippen LogP contribution < -0.4 is 23.0 Å². The van der Waals surface area contributed by atoms with E-state index in [-0.39, 0.29) is 24.4 Å². The van der Waals surface area contributed by atoms with Crippen LogP contribution in [-0.2, 0) is 28.1 Å². The van der Waals surface area contributed by atoms with Gasteiger partial charge in [-0.15, -0.1) is 0 Å². The summed E-state index contributed by atoms with van der Waals surface area (Å²) >= 11 is 0. The lowest BCUT2D eigenvalue weighted by Crippen LogP contribution is -3.00. The van der Waals surface area contributed by atoms with Gasteiger partial charge >= 0.3 is 6.09 Å². The predicted molar refractivity (Wildman–Crippen MR) is 99.0 cm³/mol. The topological polar surface area (TPSA) is 90.2 Å². The van der Waals surface area contributed by atoms with E-state index in [1.54, 1.807) is 7.11 Å². The quantitative estimate of drug-likeness (QED) is 0.586. The number of nitrogens with one attached hydrogen (secondary N) is 1. The van der Waals surface area contributed by atoms with E-state index in [1.807, 2.05) is 36.4 Å². The molecule has 2 atom stereocenters. The number of hydrogen-bond donors (Lipinski definition) is 2. The number of aromatic nitrogens is 1. The van der Waals surface area contributed by atoms with E-state index in [9.17, 15) is 4.79 Å². The molecule has 1 aromatic heterocycles. The summed E-state index contributed by atoms with van der Waals surface area (Å²) < 4.78 is 15.9. The smallest absolute Gasteiger partial charge is 0.407 e. The number of halogens is 1. The number of piperidine rings is 1. The van der Waals surface area contributed by atoms with Crippen molar-refractivity contribution >= 4 is 6.09 Å². The Balaban J connectivity index is 0.00000280. The summed E-state index contributed by atoms with van der Waals surface area (Å²) in [5.41, 5.74) is 1.53. The summed E-state index contributed by atoms with van der Waals surface area (Å²) in [4.78, 5) is 12.2. The minimum atomic E-state index is -0.420. The summed E-state index contributed by atoms with van der Waals surface area (Å²) in [5.74, 6) is 1.05. The molecule has 1 aliphatic rings. The largest absolute Gasteiger partial charge is 1.00 e. The second kappa shape index (κ2) is 10.5. The summed E-state index contributed by atoms with van der Waals surface area (Å²) in [6.07, 6.45) is 0.629. The highest BCUT2D eigenvalue weighted by Gasteiger charge is 2.45. The molecule has 3 N–H and O–H groups in total. The number of nitrogens with zero attached hydrogens (tertiary/aromatic N) is 1. The molecule has 154 valence electrons. The Morgan fingerprint density at radius 3 is 2.86 bits per heavy atom. The summed E-state index contributed by atoms with van der Waals surface area (Å²) in [6, 6.07) is 11.6. The second-order valence-electron chi connectivity index (χ2n) is 7.15. The fraction of sp³-hybridized carbons (Fsp3) is 0.500. The Bertz CT molecular complexity index is 740. The van der Waals surface area contributed by atoms with Gasteiger partial charge in [0.2, 0.25) is 0 Å². The van der Waals surface area contributed by atoms with Crippen molar-refractivity contribution in [1.82, 2.24) is 10.5 Å². The number of hydrogen-bond acceptors (Lipinski definition) is 5. The molecule has 1 amide bonds. The molecule has 7 nitrogen and oxygen atoms in total. The molecule has 0 aliphatic carbocycles. The Morgan fingerprint density at radius 1 is 1.36 bits per heavy atom. The fourth-order valence-corrected chi connectivity index (χ4v) is 3.66. The highest BCUT2D eigenvalue weighted by molar-refractivity contribution is 5.67. The molecule has 0 saturated carbocycles. The highest BCUT2D eigenvalue weighted by Crippen LogP contribution is 2.34. The number of alkyl carbamates (subject to hydrolysis) is 1. The van der Waals surface area contributed by atoms with Crippen LogP contribution in [0.3, 0.4) is 0 Å². The van der Waals surface area contributed by atoms with Crippen LogP contribution in [0.1, 0.15) is 30.4 Å². The molecule has 1 saturated heterocycles. The molecule has 0 bridgehead atoms. The zero-order valence-electron chi connectivity index (χ0n) is 16.3. The molecule has 28 heavy (non-hydrogen) atoms. The molecule has 1 aromatic carbocycles. The molecule has 2 aromatic rings. The number of amides is 1. The minimum absolute atomic E-state index is 0. The van der Waals surface area contributed by atoms with E-state index in [0.717, 1.165) is 30.8 Å². The highest BCUT2D eigenvalue weighted by atomic mass is 35.5. The lowest BCUT2D eigenvalue weighted by molar-refractivity contribution is -0.674.